The number of amides is 1. The summed E-state index contributed by atoms with van der Waals surface area (Å²) in [6.07, 6.45) is 8.35. The summed E-state index contributed by atoms with van der Waals surface area (Å²) in [5.41, 5.74) is 2.19. The molecule has 1 fully saturated rings. The Bertz CT molecular complexity index is 705. The van der Waals surface area contributed by atoms with Gasteiger partial charge in [-0.3, -0.25) is 19.7 Å². The summed E-state index contributed by atoms with van der Waals surface area (Å²) < 4.78 is 0. The van der Waals surface area contributed by atoms with Crippen molar-refractivity contribution in [1.82, 2.24) is 20.2 Å². The van der Waals surface area contributed by atoms with E-state index in [1.165, 1.54) is 5.56 Å². The van der Waals surface area contributed by atoms with Crippen molar-refractivity contribution >= 4 is 5.91 Å². The van der Waals surface area contributed by atoms with Gasteiger partial charge in [-0.15, -0.1) is 0 Å². The van der Waals surface area contributed by atoms with Crippen molar-refractivity contribution in [2.45, 2.75) is 45.7 Å². The molecule has 3 rings (SSSR count). The van der Waals surface area contributed by atoms with Crippen molar-refractivity contribution in [2.24, 2.45) is 11.8 Å². The molecular weight excluding hydrogens is 336 g/mol. The zero-order valence-electron chi connectivity index (χ0n) is 16.3. The highest BCUT2D eigenvalue weighted by Gasteiger charge is 2.30. The molecule has 1 amide bonds. The molecule has 0 saturated carbocycles. The van der Waals surface area contributed by atoms with Gasteiger partial charge in [0.05, 0.1) is 11.7 Å². The number of hydrogen-bond donors (Lipinski definition) is 1. The highest BCUT2D eigenvalue weighted by molar-refractivity contribution is 5.76. The second kappa shape index (κ2) is 9.60. The van der Waals surface area contributed by atoms with E-state index in [9.17, 15) is 4.79 Å². The maximum absolute atomic E-state index is 12.5. The van der Waals surface area contributed by atoms with Gasteiger partial charge in [-0.05, 0) is 55.0 Å². The largest absolute Gasteiger partial charge is 0.347 e. The molecule has 0 spiro atoms. The van der Waals surface area contributed by atoms with Crippen LogP contribution in [0.1, 0.15) is 50.4 Å². The maximum atomic E-state index is 12.5. The van der Waals surface area contributed by atoms with Crippen LogP contribution in [0.5, 0.6) is 0 Å². The molecule has 3 heterocycles. The number of likely N-dealkylation sites (tertiary alicyclic amines) is 1. The van der Waals surface area contributed by atoms with E-state index in [2.05, 4.69) is 40.1 Å². The van der Waals surface area contributed by atoms with Crippen LogP contribution in [0.2, 0.25) is 0 Å². The molecule has 0 bridgehead atoms. The molecule has 0 radical (unpaired) electrons. The van der Waals surface area contributed by atoms with Crippen LogP contribution < -0.4 is 5.32 Å². The first-order chi connectivity index (χ1) is 13.1. The lowest BCUT2D eigenvalue weighted by molar-refractivity contribution is -0.123. The minimum atomic E-state index is -0.0332. The number of nitrogens with zero attached hydrogens (tertiary/aromatic N) is 3. The summed E-state index contributed by atoms with van der Waals surface area (Å²) in [4.78, 5) is 23.7. The summed E-state index contributed by atoms with van der Waals surface area (Å²) in [6.45, 7) is 7.09. The number of nitrogens with one attached hydrogen (secondary N) is 1. The van der Waals surface area contributed by atoms with E-state index in [1.54, 1.807) is 0 Å². The van der Waals surface area contributed by atoms with Gasteiger partial charge in [0, 0.05) is 38.1 Å². The highest BCUT2D eigenvalue weighted by atomic mass is 16.1. The fraction of sp³-hybridized carbons (Fsp3) is 0.500. The lowest BCUT2D eigenvalue weighted by Gasteiger charge is -2.37. The summed E-state index contributed by atoms with van der Waals surface area (Å²) in [5.74, 6) is 0.828. The van der Waals surface area contributed by atoms with Gasteiger partial charge in [-0.25, -0.2) is 0 Å². The first-order valence-corrected chi connectivity index (χ1v) is 9.93. The molecule has 2 aromatic rings. The molecule has 0 unspecified atom stereocenters. The van der Waals surface area contributed by atoms with Crippen LogP contribution in [-0.4, -0.2) is 33.9 Å². The molecular formula is C22H30N4O. The van der Waals surface area contributed by atoms with Gasteiger partial charge in [0.2, 0.25) is 5.91 Å². The normalized spacial score (nSPS) is 19.0. The molecule has 2 atom stereocenters. The second-order valence-corrected chi connectivity index (χ2v) is 7.90. The molecule has 1 N–H and O–H groups in total. The molecule has 27 heavy (non-hydrogen) atoms. The van der Waals surface area contributed by atoms with E-state index in [-0.39, 0.29) is 11.9 Å². The molecule has 1 saturated heterocycles. The number of pyridine rings is 2. The zero-order chi connectivity index (χ0) is 19.1. The average Bonchev–Trinajstić information content (AvgIpc) is 2.67. The Morgan fingerprint density at radius 3 is 2.85 bits per heavy atom. The molecule has 1 aliphatic heterocycles. The summed E-state index contributed by atoms with van der Waals surface area (Å²) in [5, 5.41) is 3.28. The third-order valence-corrected chi connectivity index (χ3v) is 5.06. The Hall–Kier alpha value is -2.27. The highest BCUT2D eigenvalue weighted by Crippen LogP contribution is 2.30. The van der Waals surface area contributed by atoms with Crippen LogP contribution in [0.3, 0.4) is 0 Å². The SMILES string of the molecule is CC(C)CC(=O)N[C@H](c1ccccn1)[C@H]1CCCN(Cc2cccnc2)C1. The number of carbonyl (C=O) groups is 1. The Balaban J connectivity index is 1.71. The maximum Gasteiger partial charge on any atom is 0.220 e. The second-order valence-electron chi connectivity index (χ2n) is 7.90. The zero-order valence-corrected chi connectivity index (χ0v) is 16.3. The first kappa shape index (κ1) is 19.5. The standard InChI is InChI=1S/C22H30N4O/c1-17(2)13-21(27)25-22(20-9-3-4-11-24-20)19-8-6-12-26(16-19)15-18-7-5-10-23-14-18/h3-5,7,9-11,14,17,19,22H,6,8,12-13,15-16H2,1-2H3,(H,25,27)/t19-,22-/m0/s1. The summed E-state index contributed by atoms with van der Waals surface area (Å²) in [6, 6.07) is 10.0. The Morgan fingerprint density at radius 1 is 1.26 bits per heavy atom. The summed E-state index contributed by atoms with van der Waals surface area (Å²) >= 11 is 0. The van der Waals surface area contributed by atoms with Crippen LogP contribution >= 0.6 is 0 Å². The number of hydrogen-bond acceptors (Lipinski definition) is 4. The van der Waals surface area contributed by atoms with Crippen LogP contribution in [0.15, 0.2) is 48.9 Å². The van der Waals surface area contributed by atoms with Crippen molar-refractivity contribution in [3.8, 4) is 0 Å². The van der Waals surface area contributed by atoms with E-state index in [0.29, 0.717) is 18.3 Å². The fourth-order valence-electron chi connectivity index (χ4n) is 3.85. The van der Waals surface area contributed by atoms with E-state index < -0.39 is 0 Å². The molecule has 2 aromatic heterocycles. The molecule has 144 valence electrons. The third kappa shape index (κ3) is 5.86. The number of rotatable bonds is 7. The van der Waals surface area contributed by atoms with Crippen molar-refractivity contribution in [3.05, 3.63) is 60.2 Å². The van der Waals surface area contributed by atoms with Crippen LogP contribution in [-0.2, 0) is 11.3 Å². The predicted octanol–water partition coefficient (Wildman–Crippen LogP) is 3.59. The van der Waals surface area contributed by atoms with Crippen molar-refractivity contribution in [1.29, 1.82) is 0 Å². The van der Waals surface area contributed by atoms with E-state index in [0.717, 1.165) is 38.2 Å². The molecule has 5 nitrogen and oxygen atoms in total. The van der Waals surface area contributed by atoms with Gasteiger partial charge >= 0.3 is 0 Å². The number of aromatic nitrogens is 2. The van der Waals surface area contributed by atoms with Gasteiger partial charge in [-0.1, -0.05) is 26.0 Å². The molecule has 0 aliphatic carbocycles. The van der Waals surface area contributed by atoms with E-state index in [4.69, 9.17) is 0 Å². The number of piperidine rings is 1. The van der Waals surface area contributed by atoms with Gasteiger partial charge in [-0.2, -0.15) is 0 Å². The van der Waals surface area contributed by atoms with Gasteiger partial charge in [0.15, 0.2) is 0 Å². The Labute approximate surface area is 162 Å². The first-order valence-electron chi connectivity index (χ1n) is 9.93. The molecule has 0 aromatic carbocycles. The quantitative estimate of drug-likeness (QED) is 0.813. The molecule has 5 heteroatoms. The number of carbonyl (C=O) groups excluding carboxylic acids is 1. The van der Waals surface area contributed by atoms with E-state index in [1.807, 2.05) is 42.9 Å². The van der Waals surface area contributed by atoms with Crippen LogP contribution in [0, 0.1) is 11.8 Å². The van der Waals surface area contributed by atoms with Gasteiger partial charge < -0.3 is 5.32 Å². The minimum Gasteiger partial charge on any atom is -0.347 e. The van der Waals surface area contributed by atoms with Crippen molar-refractivity contribution < 1.29 is 4.79 Å². The minimum absolute atomic E-state index is 0.0332. The lowest BCUT2D eigenvalue weighted by atomic mass is 9.88. The average molecular weight is 367 g/mol. The van der Waals surface area contributed by atoms with Gasteiger partial charge in [0.25, 0.3) is 0 Å². The lowest BCUT2D eigenvalue weighted by Crippen LogP contribution is -2.43. The van der Waals surface area contributed by atoms with Crippen LogP contribution in [0.25, 0.3) is 0 Å². The fourth-order valence-corrected chi connectivity index (χ4v) is 3.85. The Kier molecular flexibility index (Phi) is 6.93. The monoisotopic (exact) mass is 366 g/mol. The van der Waals surface area contributed by atoms with Crippen LogP contribution in [0.4, 0.5) is 0 Å². The third-order valence-electron chi connectivity index (χ3n) is 5.06. The van der Waals surface area contributed by atoms with Crippen molar-refractivity contribution in [3.63, 3.8) is 0 Å². The van der Waals surface area contributed by atoms with Gasteiger partial charge in [0.1, 0.15) is 0 Å². The van der Waals surface area contributed by atoms with Crippen molar-refractivity contribution in [2.75, 3.05) is 13.1 Å². The summed E-state index contributed by atoms with van der Waals surface area (Å²) in [7, 11) is 0. The Morgan fingerprint density at radius 2 is 2.15 bits per heavy atom. The van der Waals surface area contributed by atoms with E-state index >= 15 is 0 Å². The smallest absolute Gasteiger partial charge is 0.220 e. The molecule has 1 aliphatic rings. The topological polar surface area (TPSA) is 58.1 Å². The predicted molar refractivity (Wildman–Crippen MR) is 107 cm³/mol.